The molecule has 1 aromatic rings. The summed E-state index contributed by atoms with van der Waals surface area (Å²) in [5, 5.41) is 1.75. The van der Waals surface area contributed by atoms with Crippen molar-refractivity contribution in [1.29, 1.82) is 0 Å². The number of rotatable bonds is 5. The predicted molar refractivity (Wildman–Crippen MR) is 74.7 cm³/mol. The molecule has 0 saturated carbocycles. The maximum Gasteiger partial charge on any atom is 0.253 e. The van der Waals surface area contributed by atoms with E-state index < -0.39 is 10.0 Å². The molecule has 1 aromatic heterocycles. The summed E-state index contributed by atoms with van der Waals surface area (Å²) in [7, 11) is -1.84. The average Bonchev–Trinajstić information content (AvgIpc) is 2.64. The zero-order chi connectivity index (χ0) is 13.3. The number of hydrogen-bond acceptors (Lipinski definition) is 4. The van der Waals surface area contributed by atoms with Gasteiger partial charge in [-0.05, 0) is 39.3 Å². The van der Waals surface area contributed by atoms with E-state index in [1.54, 1.807) is 18.5 Å². The third kappa shape index (κ3) is 3.51. The van der Waals surface area contributed by atoms with E-state index in [1.807, 2.05) is 13.8 Å². The summed E-state index contributed by atoms with van der Waals surface area (Å²) < 4.78 is 26.9. The zero-order valence-electron chi connectivity index (χ0n) is 10.1. The minimum atomic E-state index is -3.42. The molecule has 0 fully saturated rings. The van der Waals surface area contributed by atoms with E-state index in [1.165, 1.54) is 15.6 Å². The van der Waals surface area contributed by atoms with Crippen LogP contribution in [0.1, 0.15) is 13.8 Å². The van der Waals surface area contributed by atoms with Gasteiger partial charge in [-0.15, -0.1) is 11.3 Å². The summed E-state index contributed by atoms with van der Waals surface area (Å²) >= 11 is 4.46. The molecule has 0 aromatic carbocycles. The van der Waals surface area contributed by atoms with Crippen molar-refractivity contribution in [2.45, 2.75) is 18.1 Å². The Bertz CT molecular complexity index is 482. The molecule has 0 aliphatic carbocycles. The van der Waals surface area contributed by atoms with Gasteiger partial charge in [0.05, 0.1) is 0 Å². The molecule has 0 aliphatic rings. The lowest BCUT2D eigenvalue weighted by molar-refractivity contribution is 0.292. The second-order valence-electron chi connectivity index (χ2n) is 4.69. The highest BCUT2D eigenvalue weighted by Crippen LogP contribution is 2.30. The van der Waals surface area contributed by atoms with E-state index >= 15 is 0 Å². The lowest BCUT2D eigenvalue weighted by Gasteiger charge is -2.28. The summed E-state index contributed by atoms with van der Waals surface area (Å²) in [6.45, 7) is 4.74. The summed E-state index contributed by atoms with van der Waals surface area (Å²) in [5.41, 5.74) is 5.39. The minimum absolute atomic E-state index is 0.231. The van der Waals surface area contributed by atoms with Gasteiger partial charge in [0.2, 0.25) is 0 Å². The lowest BCUT2D eigenvalue weighted by Crippen LogP contribution is -2.39. The van der Waals surface area contributed by atoms with Crippen molar-refractivity contribution in [1.82, 2.24) is 4.31 Å². The Kier molecular flexibility index (Phi) is 4.76. The number of thiophene rings is 1. The summed E-state index contributed by atoms with van der Waals surface area (Å²) in [5.74, 6) is 0. The number of nitrogens with two attached hydrogens (primary N) is 1. The zero-order valence-corrected chi connectivity index (χ0v) is 13.3. The molecule has 0 saturated heterocycles. The molecule has 1 heterocycles. The molecule has 0 aliphatic heterocycles. The van der Waals surface area contributed by atoms with Gasteiger partial charge >= 0.3 is 0 Å². The van der Waals surface area contributed by atoms with Crippen LogP contribution in [-0.4, -0.2) is 32.9 Å². The van der Waals surface area contributed by atoms with Crippen molar-refractivity contribution in [3.8, 4) is 0 Å². The highest BCUT2D eigenvalue weighted by Gasteiger charge is 2.29. The van der Waals surface area contributed by atoms with Crippen LogP contribution in [-0.2, 0) is 10.0 Å². The van der Waals surface area contributed by atoms with Crippen LogP contribution in [0.4, 0.5) is 0 Å². The van der Waals surface area contributed by atoms with Gasteiger partial charge in [-0.1, -0.05) is 13.8 Å². The molecule has 0 atom stereocenters. The predicted octanol–water partition coefficient (Wildman–Crippen LogP) is 2.12. The maximum atomic E-state index is 12.3. The highest BCUT2D eigenvalue weighted by molar-refractivity contribution is 9.10. The van der Waals surface area contributed by atoms with E-state index in [0.717, 1.165) is 0 Å². The fraction of sp³-hybridized carbons (Fsp3) is 0.600. The van der Waals surface area contributed by atoms with Crippen LogP contribution in [0.2, 0.25) is 0 Å². The molecular weight excluding hydrogens is 324 g/mol. The van der Waals surface area contributed by atoms with Gasteiger partial charge in [-0.25, -0.2) is 8.42 Å². The number of sulfonamides is 1. The van der Waals surface area contributed by atoms with E-state index in [2.05, 4.69) is 15.9 Å². The second kappa shape index (κ2) is 5.36. The van der Waals surface area contributed by atoms with Crippen LogP contribution in [0.25, 0.3) is 0 Å². The molecule has 2 N–H and O–H groups in total. The molecule has 0 bridgehead atoms. The molecule has 0 amide bonds. The van der Waals surface area contributed by atoms with Crippen molar-refractivity contribution in [2.75, 3.05) is 20.1 Å². The van der Waals surface area contributed by atoms with Gasteiger partial charge < -0.3 is 5.73 Å². The van der Waals surface area contributed by atoms with E-state index in [-0.39, 0.29) is 5.41 Å². The summed E-state index contributed by atoms with van der Waals surface area (Å²) in [6, 6.07) is 1.74. The molecule has 0 spiro atoms. The van der Waals surface area contributed by atoms with Crippen LogP contribution in [0, 0.1) is 5.41 Å². The summed E-state index contributed by atoms with van der Waals surface area (Å²) in [4.78, 5) is 0. The van der Waals surface area contributed by atoms with E-state index in [4.69, 9.17) is 5.73 Å². The second-order valence-corrected chi connectivity index (χ2v) is 8.70. The molecule has 0 unspecified atom stereocenters. The standard InChI is InChI=1S/C10H17BrN2O2S2/c1-10(2,6-12)7-13(3)17(14,15)9-8(11)4-5-16-9/h4-5H,6-7,12H2,1-3H3. The topological polar surface area (TPSA) is 63.4 Å². The van der Waals surface area contributed by atoms with Crippen molar-refractivity contribution in [3.63, 3.8) is 0 Å². The largest absolute Gasteiger partial charge is 0.330 e. The average molecular weight is 341 g/mol. The van der Waals surface area contributed by atoms with Crippen LogP contribution in [0.5, 0.6) is 0 Å². The van der Waals surface area contributed by atoms with Crippen molar-refractivity contribution < 1.29 is 8.42 Å². The molecule has 98 valence electrons. The fourth-order valence-electron chi connectivity index (χ4n) is 1.36. The Morgan fingerprint density at radius 3 is 2.53 bits per heavy atom. The van der Waals surface area contributed by atoms with Crippen LogP contribution in [0.15, 0.2) is 20.1 Å². The van der Waals surface area contributed by atoms with Crippen LogP contribution in [0.3, 0.4) is 0 Å². The van der Waals surface area contributed by atoms with Gasteiger partial charge in [-0.3, -0.25) is 0 Å². The molecule has 1 rings (SSSR count). The van der Waals surface area contributed by atoms with Crippen molar-refractivity contribution in [3.05, 3.63) is 15.9 Å². The van der Waals surface area contributed by atoms with Crippen LogP contribution < -0.4 is 5.73 Å². The molecule has 7 heteroatoms. The van der Waals surface area contributed by atoms with Gasteiger partial charge in [-0.2, -0.15) is 4.31 Å². The third-order valence-corrected chi connectivity index (χ3v) is 6.88. The number of halogens is 1. The Balaban J connectivity index is 2.97. The number of nitrogens with zero attached hydrogens (tertiary/aromatic N) is 1. The third-order valence-electron chi connectivity index (χ3n) is 2.43. The summed E-state index contributed by atoms with van der Waals surface area (Å²) in [6.07, 6.45) is 0. The maximum absolute atomic E-state index is 12.3. The Morgan fingerprint density at radius 2 is 2.12 bits per heavy atom. The molecule has 4 nitrogen and oxygen atoms in total. The molecule has 0 radical (unpaired) electrons. The lowest BCUT2D eigenvalue weighted by atomic mass is 9.94. The quantitative estimate of drug-likeness (QED) is 0.892. The number of hydrogen-bond donors (Lipinski definition) is 1. The highest BCUT2D eigenvalue weighted by atomic mass is 79.9. The smallest absolute Gasteiger partial charge is 0.253 e. The van der Waals surface area contributed by atoms with E-state index in [9.17, 15) is 8.42 Å². The van der Waals surface area contributed by atoms with Crippen molar-refractivity contribution >= 4 is 37.3 Å². The Labute approximate surface area is 115 Å². The van der Waals surface area contributed by atoms with E-state index in [0.29, 0.717) is 21.8 Å². The van der Waals surface area contributed by atoms with Crippen LogP contribution >= 0.6 is 27.3 Å². The van der Waals surface area contributed by atoms with Gasteiger partial charge in [0.15, 0.2) is 0 Å². The first-order valence-electron chi connectivity index (χ1n) is 5.10. The van der Waals surface area contributed by atoms with Gasteiger partial charge in [0.25, 0.3) is 10.0 Å². The van der Waals surface area contributed by atoms with Gasteiger partial charge in [0, 0.05) is 18.1 Å². The molecular formula is C10H17BrN2O2S2. The Hall–Kier alpha value is 0.0500. The van der Waals surface area contributed by atoms with Crippen molar-refractivity contribution in [2.24, 2.45) is 11.1 Å². The first-order valence-corrected chi connectivity index (χ1v) is 8.21. The van der Waals surface area contributed by atoms with Gasteiger partial charge in [0.1, 0.15) is 4.21 Å². The SMILES string of the molecule is CN(CC(C)(C)CN)S(=O)(=O)c1sccc1Br. The first-order chi connectivity index (χ1) is 7.70. The molecule has 17 heavy (non-hydrogen) atoms. The first kappa shape index (κ1) is 15.1. The minimum Gasteiger partial charge on any atom is -0.330 e. The monoisotopic (exact) mass is 340 g/mol. The Morgan fingerprint density at radius 1 is 1.53 bits per heavy atom. The normalized spacial score (nSPS) is 13.3. The fourth-order valence-corrected chi connectivity index (χ4v) is 5.22.